The molecule has 0 bridgehead atoms. The van der Waals surface area contributed by atoms with Crippen molar-refractivity contribution >= 4 is 33.2 Å². The number of ether oxygens (including phenoxy) is 4. The third-order valence-electron chi connectivity index (χ3n) is 4.53. The van der Waals surface area contributed by atoms with Crippen LogP contribution in [0.15, 0.2) is 24.3 Å². The topological polar surface area (TPSA) is 119 Å². The van der Waals surface area contributed by atoms with Crippen LogP contribution < -0.4 is 24.2 Å². The van der Waals surface area contributed by atoms with E-state index in [0.717, 1.165) is 0 Å². The number of benzene rings is 3. The lowest BCUT2D eigenvalue weighted by Gasteiger charge is -2.16. The first-order chi connectivity index (χ1) is 13.0. The van der Waals surface area contributed by atoms with Crippen LogP contribution in [0.2, 0.25) is 0 Å². The van der Waals surface area contributed by atoms with Crippen LogP contribution in [0.5, 0.6) is 23.0 Å². The van der Waals surface area contributed by atoms with Crippen molar-refractivity contribution in [3.05, 3.63) is 29.8 Å². The lowest BCUT2D eigenvalue weighted by molar-refractivity contribution is -1.19. The minimum absolute atomic E-state index is 0.0586. The minimum atomic E-state index is -1.24. The fraction of sp³-hybridized carbons (Fsp3) is 0.167. The molecule has 0 atom stereocenters. The Morgan fingerprint density at radius 3 is 2.44 bits per heavy atom. The molecule has 0 spiro atoms. The summed E-state index contributed by atoms with van der Waals surface area (Å²) in [5.41, 5.74) is -0.204. The summed E-state index contributed by atoms with van der Waals surface area (Å²) >= 11 is 0. The minimum Gasteiger partial charge on any atom is -0.497 e. The number of carbonyl (C=O) groups is 1. The Morgan fingerprint density at radius 1 is 1.04 bits per heavy atom. The molecule has 0 fully saturated rings. The average Bonchev–Trinajstić information content (AvgIpc) is 3.13. The summed E-state index contributed by atoms with van der Waals surface area (Å²) in [5, 5.41) is 29.9. The van der Waals surface area contributed by atoms with E-state index in [9.17, 15) is 20.3 Å². The second-order valence-electron chi connectivity index (χ2n) is 5.89. The Kier molecular flexibility index (Phi) is 3.92. The summed E-state index contributed by atoms with van der Waals surface area (Å²) in [4.78, 5) is 11.9. The zero-order valence-electron chi connectivity index (χ0n) is 14.4. The van der Waals surface area contributed by atoms with Crippen molar-refractivity contribution < 1.29 is 44.5 Å². The van der Waals surface area contributed by atoms with Gasteiger partial charge in [-0.3, -0.25) is 0 Å². The summed E-state index contributed by atoms with van der Waals surface area (Å²) in [6.07, 6.45) is 0. The summed E-state index contributed by atoms with van der Waals surface area (Å²) in [6, 6.07) is 6.11. The van der Waals surface area contributed by atoms with E-state index in [-0.39, 0.29) is 29.2 Å². The van der Waals surface area contributed by atoms with Crippen LogP contribution in [0.25, 0.3) is 21.5 Å². The van der Waals surface area contributed by atoms with E-state index >= 15 is 0 Å². The molecule has 0 unspecified atom stereocenters. The first kappa shape index (κ1) is 17.2. The number of carboxylic acids is 1. The molecule has 1 aliphatic rings. The van der Waals surface area contributed by atoms with Crippen LogP contribution in [-0.4, -0.2) is 42.5 Å². The van der Waals surface area contributed by atoms with Gasteiger partial charge in [0.1, 0.15) is 11.5 Å². The van der Waals surface area contributed by atoms with E-state index in [2.05, 4.69) is 0 Å². The van der Waals surface area contributed by atoms with Crippen LogP contribution in [-0.2, 0) is 0 Å². The van der Waals surface area contributed by atoms with Gasteiger partial charge in [0.05, 0.1) is 25.2 Å². The normalized spacial score (nSPS) is 12.8. The van der Waals surface area contributed by atoms with Crippen LogP contribution >= 0.6 is 0 Å². The van der Waals surface area contributed by atoms with E-state index in [0.29, 0.717) is 33.4 Å². The maximum absolute atomic E-state index is 11.9. The van der Waals surface area contributed by atoms with Crippen molar-refractivity contribution in [1.29, 1.82) is 0 Å². The highest BCUT2D eigenvalue weighted by molar-refractivity contribution is 6.22. The fourth-order valence-corrected chi connectivity index (χ4v) is 3.38. The van der Waals surface area contributed by atoms with E-state index < -0.39 is 11.2 Å². The van der Waals surface area contributed by atoms with Crippen molar-refractivity contribution in [2.24, 2.45) is 0 Å². The maximum Gasteiger partial charge on any atom is 0.336 e. The molecule has 0 aromatic heterocycles. The quantitative estimate of drug-likeness (QED) is 0.403. The molecule has 4 N–H and O–H groups in total. The van der Waals surface area contributed by atoms with Crippen molar-refractivity contribution in [3.63, 3.8) is 0 Å². The number of quaternary nitrogens is 1. The zero-order valence-corrected chi connectivity index (χ0v) is 14.4. The maximum atomic E-state index is 11.9. The third-order valence-corrected chi connectivity index (χ3v) is 4.53. The van der Waals surface area contributed by atoms with Crippen molar-refractivity contribution in [2.45, 2.75) is 0 Å². The monoisotopic (exact) mass is 374 g/mol. The first-order valence-corrected chi connectivity index (χ1v) is 7.89. The standard InChI is InChI=1S/C18H15NO8/c1-24-8-3-10-9(13(4-8)25-2)5-12(19(22)23)15-11(18(20)21)6-14-17(16(10)15)27-7-26-14/h3-6,22-23H,7H2,1-2H3,(H,20,21)/p+1. The third kappa shape index (κ3) is 2.48. The molecule has 4 rings (SSSR count). The molecular formula is C18H16NO8+. The van der Waals surface area contributed by atoms with Gasteiger partial charge in [0.2, 0.25) is 12.5 Å². The smallest absolute Gasteiger partial charge is 0.336 e. The Hall–Kier alpha value is -3.27. The largest absolute Gasteiger partial charge is 0.497 e. The Balaban J connectivity index is 2.32. The summed E-state index contributed by atoms with van der Waals surface area (Å²) in [6.45, 7) is -0.0743. The first-order valence-electron chi connectivity index (χ1n) is 7.89. The van der Waals surface area contributed by atoms with Crippen LogP contribution in [0, 0.1) is 0 Å². The Bertz CT molecular complexity index is 1090. The number of nitrogens with one attached hydrogen (secondary N) is 1. The van der Waals surface area contributed by atoms with Gasteiger partial charge in [-0.05, 0) is 17.4 Å². The predicted octanol–water partition coefficient (Wildman–Crippen LogP) is 1.73. The Morgan fingerprint density at radius 2 is 1.81 bits per heavy atom. The lowest BCUT2D eigenvalue weighted by atomic mass is 9.94. The molecule has 140 valence electrons. The molecule has 0 saturated heterocycles. The number of carboxylic acid groups (broad SMARTS) is 1. The lowest BCUT2D eigenvalue weighted by Crippen LogP contribution is -3.02. The number of methoxy groups -OCH3 is 2. The van der Waals surface area contributed by atoms with Crippen molar-refractivity contribution in [2.75, 3.05) is 21.0 Å². The van der Waals surface area contributed by atoms with Gasteiger partial charge >= 0.3 is 5.97 Å². The summed E-state index contributed by atoms with van der Waals surface area (Å²) < 4.78 is 21.7. The molecule has 1 aliphatic heterocycles. The van der Waals surface area contributed by atoms with E-state index in [1.165, 1.54) is 26.4 Å². The molecule has 1 heterocycles. The molecule has 0 radical (unpaired) electrons. The number of hydrogen-bond donors (Lipinski definition) is 4. The van der Waals surface area contributed by atoms with Crippen molar-refractivity contribution in [1.82, 2.24) is 0 Å². The van der Waals surface area contributed by atoms with Gasteiger partial charge in [-0.1, -0.05) is 0 Å². The van der Waals surface area contributed by atoms with Crippen LogP contribution in [0.1, 0.15) is 10.4 Å². The molecule has 3 aromatic carbocycles. The van der Waals surface area contributed by atoms with Gasteiger partial charge in [0.15, 0.2) is 11.5 Å². The van der Waals surface area contributed by atoms with Gasteiger partial charge in [0.25, 0.3) is 0 Å². The predicted molar refractivity (Wildman–Crippen MR) is 91.8 cm³/mol. The van der Waals surface area contributed by atoms with Gasteiger partial charge in [-0.2, -0.15) is 10.4 Å². The van der Waals surface area contributed by atoms with Gasteiger partial charge in [0, 0.05) is 28.3 Å². The molecule has 0 aliphatic carbocycles. The van der Waals surface area contributed by atoms with Crippen LogP contribution in [0.4, 0.5) is 5.69 Å². The molecule has 9 nitrogen and oxygen atoms in total. The van der Waals surface area contributed by atoms with E-state index in [4.69, 9.17) is 18.9 Å². The number of aromatic carboxylic acids is 1. The zero-order chi connectivity index (χ0) is 19.3. The number of hydrogen-bond acceptors (Lipinski definition) is 7. The molecule has 3 aromatic rings. The number of rotatable bonds is 4. The molecule has 9 heteroatoms. The van der Waals surface area contributed by atoms with E-state index in [1.807, 2.05) is 0 Å². The molecule has 0 saturated carbocycles. The highest BCUT2D eigenvalue weighted by Crippen LogP contribution is 2.48. The van der Waals surface area contributed by atoms with E-state index in [1.54, 1.807) is 12.1 Å². The average molecular weight is 374 g/mol. The Labute approximate surface area is 152 Å². The highest BCUT2D eigenvalue weighted by atomic mass is 16.8. The molecule has 0 amide bonds. The summed E-state index contributed by atoms with van der Waals surface area (Å²) in [5.74, 6) is 0.243. The fourth-order valence-electron chi connectivity index (χ4n) is 3.38. The second-order valence-corrected chi connectivity index (χ2v) is 5.89. The van der Waals surface area contributed by atoms with Crippen LogP contribution in [0.3, 0.4) is 0 Å². The second kappa shape index (κ2) is 6.16. The van der Waals surface area contributed by atoms with Gasteiger partial charge in [-0.25, -0.2) is 4.79 Å². The molecular weight excluding hydrogens is 358 g/mol. The van der Waals surface area contributed by atoms with Gasteiger partial charge in [-0.15, -0.1) is 0 Å². The highest BCUT2D eigenvalue weighted by Gasteiger charge is 2.30. The van der Waals surface area contributed by atoms with Crippen molar-refractivity contribution in [3.8, 4) is 23.0 Å². The SMILES string of the molecule is COc1cc(OC)c2cc([NH+](O)O)c3c(C(=O)O)cc4c(c3c2c1)OCO4. The van der Waals surface area contributed by atoms with Gasteiger partial charge < -0.3 is 24.1 Å². The summed E-state index contributed by atoms with van der Waals surface area (Å²) in [7, 11) is 2.97. The molecule has 27 heavy (non-hydrogen) atoms. The number of fused-ring (bicyclic) bond motifs is 5.